The van der Waals surface area contributed by atoms with Crippen LogP contribution in [-0.4, -0.2) is 23.1 Å². The summed E-state index contributed by atoms with van der Waals surface area (Å²) in [6.07, 6.45) is 1.87. The maximum absolute atomic E-state index is 13.3. The standard InChI is InChI=1S/C15H10F2O3S/c1-21-9-4-2-8(3-5-9)14(18)10-6-12(16)13(17)7-11(10)15(19)20/h2-7H,1H3,(H,19,20). The molecule has 0 saturated heterocycles. The molecule has 0 radical (unpaired) electrons. The highest BCUT2D eigenvalue weighted by atomic mass is 32.2. The maximum atomic E-state index is 13.3. The SMILES string of the molecule is CSc1ccc(C(=O)c2cc(F)c(F)cc2C(=O)O)cc1. The number of hydrogen-bond acceptors (Lipinski definition) is 3. The van der Waals surface area contributed by atoms with Crippen molar-refractivity contribution >= 4 is 23.5 Å². The van der Waals surface area contributed by atoms with Crippen molar-refractivity contribution < 1.29 is 23.5 Å². The molecule has 0 fully saturated rings. The Morgan fingerprint density at radius 3 is 2.00 bits per heavy atom. The lowest BCUT2D eigenvalue weighted by Crippen LogP contribution is -2.11. The van der Waals surface area contributed by atoms with E-state index < -0.39 is 29.0 Å². The van der Waals surface area contributed by atoms with Crippen LogP contribution in [0.1, 0.15) is 26.3 Å². The first-order valence-corrected chi connectivity index (χ1v) is 7.07. The van der Waals surface area contributed by atoms with Gasteiger partial charge in [0, 0.05) is 16.0 Å². The number of carbonyl (C=O) groups excluding carboxylic acids is 1. The molecule has 0 aliphatic heterocycles. The third-order valence-corrected chi connectivity index (χ3v) is 3.63. The zero-order valence-electron chi connectivity index (χ0n) is 10.9. The highest BCUT2D eigenvalue weighted by Crippen LogP contribution is 2.21. The Morgan fingerprint density at radius 1 is 1.00 bits per heavy atom. The molecule has 2 aromatic rings. The van der Waals surface area contributed by atoms with Gasteiger partial charge in [-0.2, -0.15) is 0 Å². The van der Waals surface area contributed by atoms with E-state index in [1.807, 2.05) is 6.26 Å². The van der Waals surface area contributed by atoms with Gasteiger partial charge >= 0.3 is 5.97 Å². The first-order chi connectivity index (χ1) is 9.93. The second-order valence-corrected chi connectivity index (χ2v) is 5.05. The van der Waals surface area contributed by atoms with Crippen molar-refractivity contribution in [2.24, 2.45) is 0 Å². The Labute approximate surface area is 123 Å². The van der Waals surface area contributed by atoms with Gasteiger partial charge in [0.2, 0.25) is 0 Å². The Balaban J connectivity index is 2.51. The Bertz CT molecular complexity index is 712. The lowest BCUT2D eigenvalue weighted by atomic mass is 9.98. The van der Waals surface area contributed by atoms with Gasteiger partial charge in [-0.3, -0.25) is 4.79 Å². The number of aromatic carboxylic acids is 1. The molecule has 6 heteroatoms. The normalized spacial score (nSPS) is 10.4. The molecule has 0 amide bonds. The summed E-state index contributed by atoms with van der Waals surface area (Å²) in [6.45, 7) is 0. The van der Waals surface area contributed by atoms with Crippen molar-refractivity contribution in [1.82, 2.24) is 0 Å². The van der Waals surface area contributed by atoms with E-state index in [1.54, 1.807) is 12.1 Å². The summed E-state index contributed by atoms with van der Waals surface area (Å²) >= 11 is 1.48. The molecule has 0 spiro atoms. The van der Waals surface area contributed by atoms with Crippen LogP contribution in [-0.2, 0) is 0 Å². The number of thioether (sulfide) groups is 1. The van der Waals surface area contributed by atoms with Gasteiger partial charge in [-0.15, -0.1) is 11.8 Å². The van der Waals surface area contributed by atoms with Crippen LogP contribution in [0.25, 0.3) is 0 Å². The molecular weight excluding hydrogens is 298 g/mol. The van der Waals surface area contributed by atoms with Crippen molar-refractivity contribution in [2.75, 3.05) is 6.26 Å². The zero-order chi connectivity index (χ0) is 15.6. The van der Waals surface area contributed by atoms with Crippen LogP contribution >= 0.6 is 11.8 Å². The molecule has 0 unspecified atom stereocenters. The molecule has 108 valence electrons. The number of rotatable bonds is 4. The topological polar surface area (TPSA) is 54.4 Å². The summed E-state index contributed by atoms with van der Waals surface area (Å²) in [5, 5.41) is 9.01. The van der Waals surface area contributed by atoms with E-state index in [-0.39, 0.29) is 11.1 Å². The first kappa shape index (κ1) is 15.2. The quantitative estimate of drug-likeness (QED) is 0.692. The molecule has 0 heterocycles. The zero-order valence-corrected chi connectivity index (χ0v) is 11.7. The van der Waals surface area contributed by atoms with Crippen LogP contribution in [0.5, 0.6) is 0 Å². The number of carboxylic acid groups (broad SMARTS) is 1. The molecule has 0 aromatic heterocycles. The van der Waals surface area contributed by atoms with Gasteiger partial charge in [0.25, 0.3) is 0 Å². The largest absolute Gasteiger partial charge is 0.478 e. The predicted octanol–water partition coefficient (Wildman–Crippen LogP) is 3.62. The molecule has 21 heavy (non-hydrogen) atoms. The fourth-order valence-electron chi connectivity index (χ4n) is 1.81. The summed E-state index contributed by atoms with van der Waals surface area (Å²) in [5.74, 6) is -4.72. The molecule has 1 N–H and O–H groups in total. The Hall–Kier alpha value is -2.21. The molecule has 2 rings (SSSR count). The van der Waals surface area contributed by atoms with Gasteiger partial charge < -0.3 is 5.11 Å². The number of ketones is 1. The monoisotopic (exact) mass is 308 g/mol. The van der Waals surface area contributed by atoms with E-state index in [9.17, 15) is 18.4 Å². The van der Waals surface area contributed by atoms with Crippen LogP contribution < -0.4 is 0 Å². The van der Waals surface area contributed by atoms with Crippen LogP contribution in [0.15, 0.2) is 41.3 Å². The number of carboxylic acids is 1. The summed E-state index contributed by atoms with van der Waals surface area (Å²) in [5.41, 5.74) is -0.729. The van der Waals surface area contributed by atoms with Crippen LogP contribution in [0.4, 0.5) is 8.78 Å². The summed E-state index contributed by atoms with van der Waals surface area (Å²) in [6, 6.07) is 7.54. The lowest BCUT2D eigenvalue weighted by Gasteiger charge is -2.07. The molecule has 2 aromatic carbocycles. The molecule has 3 nitrogen and oxygen atoms in total. The van der Waals surface area contributed by atoms with Gasteiger partial charge in [0.1, 0.15) is 0 Å². The summed E-state index contributed by atoms with van der Waals surface area (Å²) in [4.78, 5) is 24.3. The van der Waals surface area contributed by atoms with E-state index in [0.29, 0.717) is 12.1 Å². The van der Waals surface area contributed by atoms with Crippen LogP contribution in [0.3, 0.4) is 0 Å². The minimum absolute atomic E-state index is 0.210. The number of carbonyl (C=O) groups is 2. The molecule has 0 atom stereocenters. The predicted molar refractivity (Wildman–Crippen MR) is 75.0 cm³/mol. The van der Waals surface area contributed by atoms with E-state index in [2.05, 4.69) is 0 Å². The van der Waals surface area contributed by atoms with E-state index in [4.69, 9.17) is 5.11 Å². The number of hydrogen-bond donors (Lipinski definition) is 1. The first-order valence-electron chi connectivity index (χ1n) is 5.85. The van der Waals surface area contributed by atoms with Gasteiger partial charge in [-0.05, 0) is 42.7 Å². The van der Waals surface area contributed by atoms with Crippen molar-refractivity contribution in [3.8, 4) is 0 Å². The van der Waals surface area contributed by atoms with Gasteiger partial charge in [-0.1, -0.05) is 0 Å². The van der Waals surface area contributed by atoms with E-state index in [1.165, 1.54) is 23.9 Å². The molecule has 0 aliphatic carbocycles. The molecule has 0 bridgehead atoms. The van der Waals surface area contributed by atoms with Gasteiger partial charge in [0.15, 0.2) is 17.4 Å². The summed E-state index contributed by atoms with van der Waals surface area (Å²) in [7, 11) is 0. The van der Waals surface area contributed by atoms with E-state index in [0.717, 1.165) is 4.90 Å². The Kier molecular flexibility index (Phi) is 4.37. The van der Waals surface area contributed by atoms with Crippen LogP contribution in [0, 0.1) is 11.6 Å². The van der Waals surface area contributed by atoms with Gasteiger partial charge in [-0.25, -0.2) is 13.6 Å². The minimum atomic E-state index is -1.49. The maximum Gasteiger partial charge on any atom is 0.336 e. The molecule has 0 saturated carbocycles. The highest BCUT2D eigenvalue weighted by molar-refractivity contribution is 7.98. The third kappa shape index (κ3) is 3.11. The fourth-order valence-corrected chi connectivity index (χ4v) is 2.22. The van der Waals surface area contributed by atoms with Crippen molar-refractivity contribution in [2.45, 2.75) is 4.90 Å². The smallest absolute Gasteiger partial charge is 0.336 e. The number of benzene rings is 2. The van der Waals surface area contributed by atoms with Gasteiger partial charge in [0.05, 0.1) is 5.56 Å². The average Bonchev–Trinajstić information content (AvgIpc) is 2.48. The lowest BCUT2D eigenvalue weighted by molar-refractivity contribution is 0.0692. The Morgan fingerprint density at radius 2 is 1.52 bits per heavy atom. The highest BCUT2D eigenvalue weighted by Gasteiger charge is 2.21. The van der Waals surface area contributed by atoms with Crippen molar-refractivity contribution in [1.29, 1.82) is 0 Å². The van der Waals surface area contributed by atoms with Crippen molar-refractivity contribution in [3.05, 3.63) is 64.7 Å². The molecular formula is C15H10F2O3S. The fraction of sp³-hybridized carbons (Fsp3) is 0.0667. The van der Waals surface area contributed by atoms with Crippen molar-refractivity contribution in [3.63, 3.8) is 0 Å². The van der Waals surface area contributed by atoms with Crippen LogP contribution in [0.2, 0.25) is 0 Å². The minimum Gasteiger partial charge on any atom is -0.478 e. The molecule has 0 aliphatic rings. The average molecular weight is 308 g/mol. The summed E-state index contributed by atoms with van der Waals surface area (Å²) < 4.78 is 26.4. The third-order valence-electron chi connectivity index (χ3n) is 2.89. The van der Waals surface area contributed by atoms with E-state index >= 15 is 0 Å². The second kappa shape index (κ2) is 6.05. The second-order valence-electron chi connectivity index (χ2n) is 4.17. The number of halogens is 2.